The Labute approximate surface area is 97.8 Å². The number of halogens is 2. The minimum Gasteiger partial charge on any atom is -0.289 e. The smallest absolute Gasteiger partial charge is 0.112 e. The van der Waals surface area contributed by atoms with E-state index in [0.29, 0.717) is 9.36 Å². The summed E-state index contributed by atoms with van der Waals surface area (Å²) in [6, 6.07) is 0. The number of aliphatic imine (C=N–C) groups is 1. The normalized spacial score (nSPS) is 17.7. The minimum absolute atomic E-state index is 0.675. The molecule has 76 valence electrons. The van der Waals surface area contributed by atoms with Gasteiger partial charge < -0.3 is 0 Å². The van der Waals surface area contributed by atoms with Gasteiger partial charge in [0.25, 0.3) is 0 Å². The predicted molar refractivity (Wildman–Crippen MR) is 64.2 cm³/mol. The van der Waals surface area contributed by atoms with Crippen molar-refractivity contribution in [2.24, 2.45) is 4.99 Å². The lowest BCUT2D eigenvalue weighted by atomic mass is 10.1. The Hall–Kier alpha value is -0.0500. The van der Waals surface area contributed by atoms with E-state index >= 15 is 0 Å². The van der Waals surface area contributed by atoms with E-state index in [9.17, 15) is 0 Å². The maximum atomic E-state index is 6.09. The van der Waals surface area contributed by atoms with Gasteiger partial charge in [-0.05, 0) is 19.3 Å². The Morgan fingerprint density at radius 2 is 2.07 bits per heavy atom. The summed E-state index contributed by atoms with van der Waals surface area (Å²) in [5, 5.41) is 2.69. The molecule has 0 fully saturated rings. The molecule has 0 unspecified atom stereocenters. The van der Waals surface area contributed by atoms with Gasteiger partial charge >= 0.3 is 0 Å². The maximum absolute atomic E-state index is 6.09. The second-order valence-corrected chi connectivity index (χ2v) is 5.24. The van der Waals surface area contributed by atoms with Crippen LogP contribution in [-0.2, 0) is 0 Å². The molecule has 1 nitrogen and oxygen atoms in total. The number of thiophene rings is 1. The molecule has 0 aliphatic carbocycles. The molecule has 0 bridgehead atoms. The Morgan fingerprint density at radius 3 is 2.79 bits per heavy atom. The molecule has 0 amide bonds. The first-order chi connectivity index (χ1) is 6.79. The third kappa shape index (κ3) is 2.13. The largest absolute Gasteiger partial charge is 0.289 e. The molecule has 1 aliphatic heterocycles. The average molecular weight is 248 g/mol. The monoisotopic (exact) mass is 247 g/mol. The summed E-state index contributed by atoms with van der Waals surface area (Å²) in [4.78, 5) is 4.55. The standard InChI is InChI=1S/C10H11Cl2NS/c11-9-7(6-14-10(9)12)8-4-2-1-3-5-13-8/h6H,1-5H2. The second-order valence-electron chi connectivity index (χ2n) is 3.38. The second kappa shape index (κ2) is 4.65. The van der Waals surface area contributed by atoms with E-state index in [1.807, 2.05) is 5.38 Å². The highest BCUT2D eigenvalue weighted by Gasteiger charge is 2.14. The van der Waals surface area contributed by atoms with Crippen LogP contribution in [0.3, 0.4) is 0 Å². The lowest BCUT2D eigenvalue weighted by Crippen LogP contribution is -1.98. The summed E-state index contributed by atoms with van der Waals surface area (Å²) in [6.07, 6.45) is 4.71. The van der Waals surface area contributed by atoms with Crippen LogP contribution in [0.2, 0.25) is 9.36 Å². The van der Waals surface area contributed by atoms with Crippen molar-refractivity contribution in [2.75, 3.05) is 6.54 Å². The van der Waals surface area contributed by atoms with Crippen LogP contribution in [0.25, 0.3) is 0 Å². The Kier molecular flexibility index (Phi) is 3.47. The summed E-state index contributed by atoms with van der Waals surface area (Å²) in [5.41, 5.74) is 2.18. The van der Waals surface area contributed by atoms with Crippen molar-refractivity contribution in [3.8, 4) is 0 Å². The summed E-state index contributed by atoms with van der Waals surface area (Å²) in [6.45, 7) is 0.930. The average Bonchev–Trinajstić information content (AvgIpc) is 2.47. The topological polar surface area (TPSA) is 12.4 Å². The molecule has 0 aromatic carbocycles. The van der Waals surface area contributed by atoms with E-state index in [-0.39, 0.29) is 0 Å². The number of rotatable bonds is 1. The highest BCUT2D eigenvalue weighted by Crippen LogP contribution is 2.34. The SMILES string of the molecule is Clc1scc(C2=NCCCCC2)c1Cl. The fourth-order valence-corrected chi connectivity index (χ4v) is 2.89. The molecular weight excluding hydrogens is 237 g/mol. The van der Waals surface area contributed by atoms with E-state index in [4.69, 9.17) is 23.2 Å². The molecule has 0 saturated heterocycles. The van der Waals surface area contributed by atoms with Gasteiger partial charge in [-0.15, -0.1) is 11.3 Å². The van der Waals surface area contributed by atoms with Crippen LogP contribution in [0.15, 0.2) is 10.4 Å². The molecule has 2 heterocycles. The van der Waals surface area contributed by atoms with Gasteiger partial charge in [0.2, 0.25) is 0 Å². The lowest BCUT2D eigenvalue weighted by molar-refractivity contribution is 0.731. The molecule has 1 aromatic heterocycles. The van der Waals surface area contributed by atoms with Gasteiger partial charge in [-0.1, -0.05) is 29.6 Å². The summed E-state index contributed by atoms with van der Waals surface area (Å²) in [7, 11) is 0. The van der Waals surface area contributed by atoms with Gasteiger partial charge in [0, 0.05) is 23.2 Å². The van der Waals surface area contributed by atoms with Gasteiger partial charge in [-0.25, -0.2) is 0 Å². The molecule has 0 radical (unpaired) electrons. The quantitative estimate of drug-likeness (QED) is 0.697. The molecular formula is C10H11Cl2NS. The van der Waals surface area contributed by atoms with Crippen molar-refractivity contribution in [3.63, 3.8) is 0 Å². The molecule has 0 spiro atoms. The fourth-order valence-electron chi connectivity index (χ4n) is 1.61. The lowest BCUT2D eigenvalue weighted by Gasteiger charge is -2.01. The van der Waals surface area contributed by atoms with Crippen LogP contribution in [-0.4, -0.2) is 12.3 Å². The van der Waals surface area contributed by atoms with Crippen LogP contribution in [0.5, 0.6) is 0 Å². The molecule has 0 saturated carbocycles. The fraction of sp³-hybridized carbons (Fsp3) is 0.500. The summed E-state index contributed by atoms with van der Waals surface area (Å²) >= 11 is 13.5. The molecule has 0 atom stereocenters. The third-order valence-electron chi connectivity index (χ3n) is 2.37. The Balaban J connectivity index is 2.29. The summed E-state index contributed by atoms with van der Waals surface area (Å²) < 4.78 is 0.675. The zero-order chi connectivity index (χ0) is 9.97. The van der Waals surface area contributed by atoms with Gasteiger partial charge in [0.15, 0.2) is 0 Å². The molecule has 1 aromatic rings. The van der Waals surface area contributed by atoms with Gasteiger partial charge in [-0.2, -0.15) is 0 Å². The van der Waals surface area contributed by atoms with Crippen molar-refractivity contribution in [1.82, 2.24) is 0 Å². The highest BCUT2D eigenvalue weighted by molar-refractivity contribution is 7.15. The van der Waals surface area contributed by atoms with E-state index in [1.165, 1.54) is 30.6 Å². The first-order valence-corrected chi connectivity index (χ1v) is 6.39. The van der Waals surface area contributed by atoms with Crippen molar-refractivity contribution in [3.05, 3.63) is 20.3 Å². The minimum atomic E-state index is 0.675. The van der Waals surface area contributed by atoms with Crippen molar-refractivity contribution >= 4 is 40.3 Å². The van der Waals surface area contributed by atoms with E-state index in [2.05, 4.69) is 4.99 Å². The molecule has 4 heteroatoms. The van der Waals surface area contributed by atoms with Crippen LogP contribution in [0.1, 0.15) is 31.2 Å². The van der Waals surface area contributed by atoms with Crippen LogP contribution in [0.4, 0.5) is 0 Å². The molecule has 0 N–H and O–H groups in total. The first-order valence-electron chi connectivity index (χ1n) is 4.75. The van der Waals surface area contributed by atoms with Gasteiger partial charge in [0.05, 0.1) is 5.02 Å². The zero-order valence-corrected chi connectivity index (χ0v) is 10.1. The summed E-state index contributed by atoms with van der Waals surface area (Å²) in [5.74, 6) is 0. The first kappa shape index (κ1) is 10.5. The number of nitrogens with zero attached hydrogens (tertiary/aromatic N) is 1. The van der Waals surface area contributed by atoms with Crippen molar-refractivity contribution < 1.29 is 0 Å². The number of hydrogen-bond donors (Lipinski definition) is 0. The maximum Gasteiger partial charge on any atom is 0.112 e. The van der Waals surface area contributed by atoms with Crippen LogP contribution >= 0.6 is 34.5 Å². The Morgan fingerprint density at radius 1 is 1.21 bits per heavy atom. The molecule has 14 heavy (non-hydrogen) atoms. The van der Waals surface area contributed by atoms with Gasteiger partial charge in [-0.3, -0.25) is 4.99 Å². The molecule has 1 aliphatic rings. The molecule has 2 rings (SSSR count). The predicted octanol–water partition coefficient (Wildman–Crippen LogP) is 4.42. The Bertz CT molecular complexity index is 357. The van der Waals surface area contributed by atoms with Gasteiger partial charge in [0.1, 0.15) is 4.34 Å². The van der Waals surface area contributed by atoms with E-state index in [1.54, 1.807) is 0 Å². The van der Waals surface area contributed by atoms with E-state index in [0.717, 1.165) is 24.2 Å². The van der Waals surface area contributed by atoms with E-state index < -0.39 is 0 Å². The van der Waals surface area contributed by atoms with Crippen molar-refractivity contribution in [2.45, 2.75) is 25.7 Å². The van der Waals surface area contributed by atoms with Crippen molar-refractivity contribution in [1.29, 1.82) is 0 Å². The zero-order valence-electron chi connectivity index (χ0n) is 7.72. The van der Waals surface area contributed by atoms with Crippen LogP contribution in [0, 0.1) is 0 Å². The number of hydrogen-bond acceptors (Lipinski definition) is 2. The third-order valence-corrected chi connectivity index (χ3v) is 4.20. The highest BCUT2D eigenvalue weighted by atomic mass is 35.5. The van der Waals surface area contributed by atoms with Crippen LogP contribution < -0.4 is 0 Å².